The number of halogens is 1. The van der Waals surface area contributed by atoms with E-state index >= 15 is 0 Å². The molecule has 1 unspecified atom stereocenters. The van der Waals surface area contributed by atoms with E-state index in [4.69, 9.17) is 4.99 Å². The van der Waals surface area contributed by atoms with Crippen molar-refractivity contribution in [2.24, 2.45) is 10.9 Å². The number of hydrogen-bond donors (Lipinski definition) is 2. The molecule has 0 aliphatic carbocycles. The van der Waals surface area contributed by atoms with E-state index in [0.29, 0.717) is 12.0 Å². The summed E-state index contributed by atoms with van der Waals surface area (Å²) in [7, 11) is 0. The van der Waals surface area contributed by atoms with Crippen molar-refractivity contribution in [2.75, 3.05) is 31.1 Å². The molecule has 1 saturated heterocycles. The second-order valence-corrected chi connectivity index (χ2v) is 6.35. The zero-order valence-corrected chi connectivity index (χ0v) is 16.9. The molecule has 0 spiro atoms. The molecule has 0 aromatic heterocycles. The lowest BCUT2D eigenvalue weighted by atomic mass is 10.1. The largest absolute Gasteiger partial charge is 0.369 e. The minimum absolute atomic E-state index is 0. The van der Waals surface area contributed by atoms with Gasteiger partial charge >= 0.3 is 0 Å². The van der Waals surface area contributed by atoms with E-state index < -0.39 is 0 Å². The van der Waals surface area contributed by atoms with Gasteiger partial charge in [-0.25, -0.2) is 0 Å². The average Bonchev–Trinajstić information content (AvgIpc) is 2.96. The molecule has 4 nitrogen and oxygen atoms in total. The minimum Gasteiger partial charge on any atom is -0.369 e. The number of hydrogen-bond acceptors (Lipinski definition) is 2. The Morgan fingerprint density at radius 1 is 1.30 bits per heavy atom. The highest BCUT2D eigenvalue weighted by Crippen LogP contribution is 2.19. The van der Waals surface area contributed by atoms with Crippen LogP contribution in [0.15, 0.2) is 35.3 Å². The monoisotopic (exact) mass is 430 g/mol. The summed E-state index contributed by atoms with van der Waals surface area (Å²) in [5.74, 6) is 1.66. The highest BCUT2D eigenvalue weighted by atomic mass is 127. The predicted octanol–water partition coefficient (Wildman–Crippen LogP) is 3.48. The fourth-order valence-electron chi connectivity index (χ4n) is 2.70. The molecule has 0 saturated carbocycles. The normalized spacial score (nSPS) is 18.0. The van der Waals surface area contributed by atoms with Crippen LogP contribution < -0.4 is 15.5 Å². The van der Waals surface area contributed by atoms with E-state index in [2.05, 4.69) is 66.6 Å². The Bertz CT molecular complexity index is 461. The maximum atomic E-state index is 4.69. The van der Waals surface area contributed by atoms with Crippen LogP contribution >= 0.6 is 24.0 Å². The Kier molecular flexibility index (Phi) is 9.36. The van der Waals surface area contributed by atoms with Gasteiger partial charge < -0.3 is 15.5 Å². The molecular formula is C18H31IN4. The van der Waals surface area contributed by atoms with Gasteiger partial charge in [-0.3, -0.25) is 4.99 Å². The van der Waals surface area contributed by atoms with E-state index in [9.17, 15) is 0 Å². The average molecular weight is 430 g/mol. The van der Waals surface area contributed by atoms with Gasteiger partial charge in [0.05, 0.1) is 0 Å². The van der Waals surface area contributed by atoms with Gasteiger partial charge in [-0.2, -0.15) is 0 Å². The summed E-state index contributed by atoms with van der Waals surface area (Å²) >= 11 is 0. The van der Waals surface area contributed by atoms with Gasteiger partial charge in [-0.15, -0.1) is 24.0 Å². The molecule has 0 radical (unpaired) electrons. The first-order valence-electron chi connectivity index (χ1n) is 8.54. The van der Waals surface area contributed by atoms with E-state index in [1.807, 2.05) is 0 Å². The van der Waals surface area contributed by atoms with Crippen molar-refractivity contribution in [1.29, 1.82) is 0 Å². The number of aliphatic imine (C=N–C) groups is 1. The van der Waals surface area contributed by atoms with Gasteiger partial charge in [0.25, 0.3) is 0 Å². The first-order chi connectivity index (χ1) is 10.7. The van der Waals surface area contributed by atoms with Gasteiger partial charge in [0, 0.05) is 37.9 Å². The second-order valence-electron chi connectivity index (χ2n) is 6.35. The molecule has 130 valence electrons. The number of guanidine groups is 1. The number of anilines is 1. The standard InChI is InChI=1S/C18H30N4.HI/c1-4-19-18(20-12-10-15(2)3)21-16-11-13-22(14-16)17-8-6-5-7-9-17;/h5-9,15-16H,4,10-14H2,1-3H3,(H2,19,20,21);1H. The molecule has 1 aromatic rings. The van der Waals surface area contributed by atoms with Crippen LogP contribution in [0.1, 0.15) is 33.6 Å². The number of rotatable bonds is 6. The maximum absolute atomic E-state index is 4.69. The van der Waals surface area contributed by atoms with Crippen LogP contribution in [0.5, 0.6) is 0 Å². The number of para-hydroxylation sites is 1. The molecule has 1 aliphatic heterocycles. The third-order valence-electron chi connectivity index (χ3n) is 3.97. The fraction of sp³-hybridized carbons (Fsp3) is 0.611. The quantitative estimate of drug-likeness (QED) is 0.413. The smallest absolute Gasteiger partial charge is 0.191 e. The lowest BCUT2D eigenvalue weighted by molar-refractivity contribution is 0.590. The van der Waals surface area contributed by atoms with Crippen LogP contribution in [-0.4, -0.2) is 38.2 Å². The van der Waals surface area contributed by atoms with Crippen molar-refractivity contribution in [3.63, 3.8) is 0 Å². The minimum atomic E-state index is 0. The van der Waals surface area contributed by atoms with E-state index in [1.165, 1.54) is 5.69 Å². The topological polar surface area (TPSA) is 39.7 Å². The predicted molar refractivity (Wildman–Crippen MR) is 111 cm³/mol. The van der Waals surface area contributed by atoms with E-state index in [0.717, 1.165) is 45.0 Å². The summed E-state index contributed by atoms with van der Waals surface area (Å²) in [6, 6.07) is 11.1. The molecule has 1 atom stereocenters. The number of nitrogens with one attached hydrogen (secondary N) is 2. The van der Waals surface area contributed by atoms with Crippen molar-refractivity contribution in [2.45, 2.75) is 39.7 Å². The summed E-state index contributed by atoms with van der Waals surface area (Å²) in [4.78, 5) is 7.13. The summed E-state index contributed by atoms with van der Waals surface area (Å²) < 4.78 is 0. The highest BCUT2D eigenvalue weighted by molar-refractivity contribution is 14.0. The molecule has 0 amide bonds. The van der Waals surface area contributed by atoms with Crippen molar-refractivity contribution < 1.29 is 0 Å². The van der Waals surface area contributed by atoms with Gasteiger partial charge in [-0.05, 0) is 37.8 Å². The van der Waals surface area contributed by atoms with Crippen LogP contribution in [-0.2, 0) is 0 Å². The van der Waals surface area contributed by atoms with E-state index in [1.54, 1.807) is 0 Å². The summed E-state index contributed by atoms with van der Waals surface area (Å²) in [5, 5.41) is 6.95. The van der Waals surface area contributed by atoms with Crippen LogP contribution in [0.3, 0.4) is 0 Å². The van der Waals surface area contributed by atoms with Gasteiger partial charge in [0.15, 0.2) is 5.96 Å². The second kappa shape index (κ2) is 10.7. The first-order valence-corrected chi connectivity index (χ1v) is 8.54. The molecule has 1 fully saturated rings. The lowest BCUT2D eigenvalue weighted by Gasteiger charge is -2.20. The Labute approximate surface area is 158 Å². The molecule has 5 heteroatoms. The fourth-order valence-corrected chi connectivity index (χ4v) is 2.70. The third kappa shape index (κ3) is 6.97. The van der Waals surface area contributed by atoms with Crippen molar-refractivity contribution in [1.82, 2.24) is 10.6 Å². The van der Waals surface area contributed by atoms with Crippen LogP contribution in [0.2, 0.25) is 0 Å². The molecule has 1 aromatic carbocycles. The van der Waals surface area contributed by atoms with Crippen molar-refractivity contribution in [3.8, 4) is 0 Å². The Balaban J connectivity index is 0.00000264. The lowest BCUT2D eigenvalue weighted by Crippen LogP contribution is -2.44. The van der Waals surface area contributed by atoms with Gasteiger partial charge in [-0.1, -0.05) is 32.0 Å². The first kappa shape index (κ1) is 20.1. The zero-order valence-electron chi connectivity index (χ0n) is 14.6. The van der Waals surface area contributed by atoms with Crippen LogP contribution in [0, 0.1) is 5.92 Å². The molecule has 23 heavy (non-hydrogen) atoms. The van der Waals surface area contributed by atoms with Crippen LogP contribution in [0.4, 0.5) is 5.69 Å². The number of benzene rings is 1. The van der Waals surface area contributed by atoms with Crippen molar-refractivity contribution >= 4 is 35.6 Å². The Morgan fingerprint density at radius 3 is 2.70 bits per heavy atom. The summed E-state index contributed by atoms with van der Waals surface area (Å²) in [6.45, 7) is 10.5. The van der Waals surface area contributed by atoms with E-state index in [-0.39, 0.29) is 24.0 Å². The van der Waals surface area contributed by atoms with Crippen LogP contribution in [0.25, 0.3) is 0 Å². The molecular weight excluding hydrogens is 399 g/mol. The van der Waals surface area contributed by atoms with Crippen molar-refractivity contribution in [3.05, 3.63) is 30.3 Å². The summed E-state index contributed by atoms with van der Waals surface area (Å²) in [5.41, 5.74) is 1.31. The highest BCUT2D eigenvalue weighted by Gasteiger charge is 2.23. The molecule has 2 rings (SSSR count). The van der Waals surface area contributed by atoms with Gasteiger partial charge in [0.2, 0.25) is 0 Å². The Hall–Kier alpha value is -0.980. The molecule has 1 heterocycles. The third-order valence-corrected chi connectivity index (χ3v) is 3.97. The maximum Gasteiger partial charge on any atom is 0.191 e. The molecule has 0 bridgehead atoms. The SMILES string of the molecule is CCNC(=NCCC(C)C)NC1CCN(c2ccccc2)C1.I. The van der Waals surface area contributed by atoms with Gasteiger partial charge in [0.1, 0.15) is 0 Å². The Morgan fingerprint density at radius 2 is 2.04 bits per heavy atom. The summed E-state index contributed by atoms with van der Waals surface area (Å²) in [6.07, 6.45) is 2.29. The molecule has 2 N–H and O–H groups in total. The zero-order chi connectivity index (χ0) is 15.8. The molecule has 1 aliphatic rings. The number of nitrogens with zero attached hydrogens (tertiary/aromatic N) is 2.